The normalized spacial score (nSPS) is 13.5. The van der Waals surface area contributed by atoms with E-state index in [1.165, 1.54) is 135 Å². The lowest BCUT2D eigenvalue weighted by molar-refractivity contribution is -0.870. The van der Waals surface area contributed by atoms with Crippen LogP contribution in [0.1, 0.15) is 213 Å². The van der Waals surface area contributed by atoms with Crippen molar-refractivity contribution in [3.05, 3.63) is 0 Å². The van der Waals surface area contributed by atoms with Gasteiger partial charge in [-0.25, -0.2) is 0 Å². The van der Waals surface area contributed by atoms with Crippen molar-refractivity contribution in [1.82, 2.24) is 0 Å². The van der Waals surface area contributed by atoms with Crippen molar-refractivity contribution in [2.75, 3.05) is 47.5 Å². The van der Waals surface area contributed by atoms with Gasteiger partial charge in [-0.05, 0) is 12.8 Å². The summed E-state index contributed by atoms with van der Waals surface area (Å²) in [7, 11) is 1.18. The maximum atomic E-state index is 12.6. The van der Waals surface area contributed by atoms with Crippen LogP contribution in [0.15, 0.2) is 0 Å². The molecule has 0 saturated heterocycles. The van der Waals surface area contributed by atoms with Crippen LogP contribution in [0.2, 0.25) is 0 Å². The number of likely N-dealkylation sites (N-methyl/N-ethyl adjacent to an activating group) is 1. The fourth-order valence-corrected chi connectivity index (χ4v) is 7.09. The molecule has 0 amide bonds. The number of carbonyl (C=O) groups is 2. The number of hydrogen-bond acceptors (Lipinski definition) is 8. The Morgan fingerprint density at radius 3 is 1.21 bits per heavy atom. The summed E-state index contributed by atoms with van der Waals surface area (Å²) in [5, 5.41) is 0. The van der Waals surface area contributed by atoms with Crippen LogP contribution in [-0.2, 0) is 32.7 Å². The lowest BCUT2D eigenvalue weighted by Crippen LogP contribution is -2.37. The number of hydrogen-bond donors (Lipinski definition) is 0. The number of unbranched alkanes of at least 4 members (excludes halogenated alkanes) is 27. The Balaban J connectivity index is 4.00. The highest BCUT2D eigenvalue weighted by Gasteiger charge is 2.21. The van der Waals surface area contributed by atoms with Crippen LogP contribution < -0.4 is 4.89 Å². The summed E-state index contributed by atoms with van der Waals surface area (Å²) in [6.45, 7) is 4.16. The van der Waals surface area contributed by atoms with Crippen molar-refractivity contribution in [3.8, 4) is 0 Å². The molecule has 0 aliphatic rings. The second-order valence-corrected chi connectivity index (χ2v) is 17.8. The van der Waals surface area contributed by atoms with E-state index >= 15 is 0 Å². The van der Waals surface area contributed by atoms with Gasteiger partial charge in [0.05, 0.1) is 27.7 Å². The number of esters is 2. The Morgan fingerprint density at radius 2 is 0.849 bits per heavy atom. The zero-order valence-corrected chi connectivity index (χ0v) is 36.4. The number of quaternary nitrogens is 1. The standard InChI is InChI=1S/C43H86NO8P/c1-6-8-10-12-13-14-15-16-17-18-19-20-21-22-23-24-25-26-27-28-29-30-32-34-36-43(46)52-41(39-49-42(45)35-33-31-11-9-7-2)40-51-53(47,48)50-38-37-44(3,4)5/h41H,6-40H2,1-5H3. The molecule has 0 aliphatic carbocycles. The first-order valence-corrected chi connectivity index (χ1v) is 23.7. The van der Waals surface area contributed by atoms with Crippen LogP contribution >= 0.6 is 7.82 Å². The average molecular weight is 776 g/mol. The monoisotopic (exact) mass is 776 g/mol. The Morgan fingerprint density at radius 1 is 0.509 bits per heavy atom. The summed E-state index contributed by atoms with van der Waals surface area (Å²) >= 11 is 0. The molecule has 0 aromatic heterocycles. The van der Waals surface area contributed by atoms with E-state index in [0.29, 0.717) is 17.4 Å². The molecule has 0 rings (SSSR count). The minimum atomic E-state index is -4.60. The number of phosphoric acid groups is 1. The fraction of sp³-hybridized carbons (Fsp3) is 0.953. The molecule has 0 fully saturated rings. The summed E-state index contributed by atoms with van der Waals surface area (Å²) in [6.07, 6.45) is 36.2. The number of phosphoric ester groups is 1. The predicted octanol–water partition coefficient (Wildman–Crippen LogP) is 11.8. The zero-order chi connectivity index (χ0) is 39.3. The summed E-state index contributed by atoms with van der Waals surface area (Å²) in [6, 6.07) is 0. The van der Waals surface area contributed by atoms with Gasteiger partial charge in [0.2, 0.25) is 0 Å². The molecule has 9 nitrogen and oxygen atoms in total. The van der Waals surface area contributed by atoms with E-state index in [0.717, 1.165) is 44.9 Å². The van der Waals surface area contributed by atoms with Gasteiger partial charge in [0.15, 0.2) is 6.10 Å². The molecule has 0 spiro atoms. The molecule has 316 valence electrons. The third kappa shape index (κ3) is 40.5. The first-order valence-electron chi connectivity index (χ1n) is 22.2. The highest BCUT2D eigenvalue weighted by molar-refractivity contribution is 7.45. The predicted molar refractivity (Wildman–Crippen MR) is 218 cm³/mol. The molecular weight excluding hydrogens is 689 g/mol. The fourth-order valence-electron chi connectivity index (χ4n) is 6.36. The molecule has 53 heavy (non-hydrogen) atoms. The molecule has 2 atom stereocenters. The van der Waals surface area contributed by atoms with Crippen LogP contribution in [0.4, 0.5) is 0 Å². The second kappa shape index (κ2) is 36.6. The van der Waals surface area contributed by atoms with Crippen molar-refractivity contribution >= 4 is 19.8 Å². The third-order valence-corrected chi connectivity index (χ3v) is 10.8. The SMILES string of the molecule is CCCCCCCCCCCCCCCCCCCCCCCCCCC(=O)OC(COC(=O)CCCCCCC)COP(=O)([O-])OCC[N+](C)(C)C. The summed E-state index contributed by atoms with van der Waals surface area (Å²) < 4.78 is 33.7. The summed E-state index contributed by atoms with van der Waals surface area (Å²) in [5.41, 5.74) is 0. The van der Waals surface area contributed by atoms with Gasteiger partial charge in [0.25, 0.3) is 7.82 Å². The molecule has 0 aromatic carbocycles. The van der Waals surface area contributed by atoms with Crippen molar-refractivity contribution in [2.45, 2.75) is 219 Å². The molecular formula is C43H86NO8P. The Bertz CT molecular complexity index is 881. The van der Waals surface area contributed by atoms with Gasteiger partial charge in [-0.2, -0.15) is 0 Å². The van der Waals surface area contributed by atoms with Crippen molar-refractivity contribution in [1.29, 1.82) is 0 Å². The first-order chi connectivity index (χ1) is 25.5. The summed E-state index contributed by atoms with van der Waals surface area (Å²) in [5.74, 6) is -0.836. The minimum absolute atomic E-state index is 0.0265. The Labute approximate surface area is 327 Å². The third-order valence-electron chi connectivity index (χ3n) is 9.88. The van der Waals surface area contributed by atoms with E-state index in [9.17, 15) is 19.0 Å². The number of carbonyl (C=O) groups excluding carboxylic acids is 2. The van der Waals surface area contributed by atoms with Crippen molar-refractivity contribution in [2.24, 2.45) is 0 Å². The number of ether oxygens (including phenoxy) is 2. The average Bonchev–Trinajstić information content (AvgIpc) is 3.10. The molecule has 0 radical (unpaired) electrons. The van der Waals surface area contributed by atoms with Crippen LogP contribution in [0.25, 0.3) is 0 Å². The van der Waals surface area contributed by atoms with Crippen LogP contribution in [0.5, 0.6) is 0 Å². The molecule has 0 N–H and O–H groups in total. The topological polar surface area (TPSA) is 111 Å². The highest BCUT2D eigenvalue weighted by atomic mass is 31.2. The van der Waals surface area contributed by atoms with Gasteiger partial charge in [-0.3, -0.25) is 14.2 Å². The molecule has 0 saturated carbocycles. The highest BCUT2D eigenvalue weighted by Crippen LogP contribution is 2.38. The molecule has 0 bridgehead atoms. The molecule has 0 heterocycles. The van der Waals surface area contributed by atoms with Gasteiger partial charge in [-0.1, -0.05) is 187 Å². The van der Waals surface area contributed by atoms with E-state index in [1.807, 2.05) is 21.1 Å². The van der Waals surface area contributed by atoms with Crippen molar-refractivity contribution < 1.29 is 42.1 Å². The van der Waals surface area contributed by atoms with Crippen LogP contribution in [-0.4, -0.2) is 70.0 Å². The molecule has 0 aromatic rings. The second-order valence-electron chi connectivity index (χ2n) is 16.4. The van der Waals surface area contributed by atoms with E-state index in [1.54, 1.807) is 0 Å². The molecule has 0 aliphatic heterocycles. The van der Waals surface area contributed by atoms with Gasteiger partial charge in [0.1, 0.15) is 19.8 Å². The van der Waals surface area contributed by atoms with E-state index in [2.05, 4.69) is 13.8 Å². The van der Waals surface area contributed by atoms with E-state index < -0.39 is 32.5 Å². The quantitative estimate of drug-likeness (QED) is 0.0261. The maximum absolute atomic E-state index is 12.6. The number of nitrogens with zero attached hydrogens (tertiary/aromatic N) is 1. The minimum Gasteiger partial charge on any atom is -0.756 e. The summed E-state index contributed by atoms with van der Waals surface area (Å²) in [4.78, 5) is 37.1. The van der Waals surface area contributed by atoms with Crippen LogP contribution in [0, 0.1) is 0 Å². The maximum Gasteiger partial charge on any atom is 0.306 e. The van der Waals surface area contributed by atoms with Gasteiger partial charge >= 0.3 is 11.9 Å². The molecule has 2 unspecified atom stereocenters. The van der Waals surface area contributed by atoms with Crippen LogP contribution in [0.3, 0.4) is 0 Å². The molecule has 10 heteroatoms. The lowest BCUT2D eigenvalue weighted by atomic mass is 10.0. The smallest absolute Gasteiger partial charge is 0.306 e. The Kier molecular flexibility index (Phi) is 36.0. The first kappa shape index (κ1) is 52.0. The zero-order valence-electron chi connectivity index (χ0n) is 35.5. The van der Waals surface area contributed by atoms with E-state index in [-0.39, 0.29) is 26.1 Å². The number of rotatable bonds is 41. The van der Waals surface area contributed by atoms with E-state index in [4.69, 9.17) is 18.5 Å². The largest absolute Gasteiger partial charge is 0.756 e. The lowest BCUT2D eigenvalue weighted by Gasteiger charge is -2.28. The van der Waals surface area contributed by atoms with Gasteiger partial charge < -0.3 is 27.9 Å². The van der Waals surface area contributed by atoms with Gasteiger partial charge in [0, 0.05) is 12.8 Å². The van der Waals surface area contributed by atoms with Gasteiger partial charge in [-0.15, -0.1) is 0 Å². The van der Waals surface area contributed by atoms with Crippen molar-refractivity contribution in [3.63, 3.8) is 0 Å². The Hall–Kier alpha value is -0.990.